The van der Waals surface area contributed by atoms with Gasteiger partial charge in [-0.05, 0) is 39.0 Å². The fourth-order valence-corrected chi connectivity index (χ4v) is 2.06. The van der Waals surface area contributed by atoms with Crippen molar-refractivity contribution in [3.05, 3.63) is 0 Å². The van der Waals surface area contributed by atoms with Crippen molar-refractivity contribution < 1.29 is 9.90 Å². The van der Waals surface area contributed by atoms with Gasteiger partial charge in [0.05, 0.1) is 0 Å². The third kappa shape index (κ3) is 4.49. The van der Waals surface area contributed by atoms with Gasteiger partial charge in [0.2, 0.25) is 5.91 Å². The second-order valence-electron chi connectivity index (χ2n) is 5.50. The van der Waals surface area contributed by atoms with Gasteiger partial charge in [-0.2, -0.15) is 0 Å². The molecule has 0 bridgehead atoms. The van der Waals surface area contributed by atoms with E-state index in [1.807, 2.05) is 18.7 Å². The molecule has 1 unspecified atom stereocenters. The van der Waals surface area contributed by atoms with Crippen LogP contribution < -0.4 is 5.73 Å². The summed E-state index contributed by atoms with van der Waals surface area (Å²) in [5, 5.41) is 8.84. The van der Waals surface area contributed by atoms with Crippen molar-refractivity contribution in [1.82, 2.24) is 4.90 Å². The Morgan fingerprint density at radius 1 is 1.56 bits per heavy atom. The van der Waals surface area contributed by atoms with Gasteiger partial charge in [-0.1, -0.05) is 0 Å². The monoisotopic (exact) mass is 228 g/mol. The number of hydrogen-bond acceptors (Lipinski definition) is 3. The molecule has 1 heterocycles. The lowest BCUT2D eigenvalue weighted by molar-refractivity contribution is -0.130. The minimum absolute atomic E-state index is 0.207. The van der Waals surface area contributed by atoms with E-state index in [0.717, 1.165) is 32.4 Å². The molecule has 0 radical (unpaired) electrons. The molecule has 0 saturated carbocycles. The highest BCUT2D eigenvalue weighted by atomic mass is 16.3. The Labute approximate surface area is 97.8 Å². The molecular formula is C12H24N2O2. The maximum Gasteiger partial charge on any atom is 0.222 e. The van der Waals surface area contributed by atoms with Crippen LogP contribution in [0, 0.1) is 5.92 Å². The molecule has 0 aromatic heterocycles. The smallest absolute Gasteiger partial charge is 0.222 e. The fraction of sp³-hybridized carbons (Fsp3) is 0.917. The van der Waals surface area contributed by atoms with Crippen molar-refractivity contribution in [3.63, 3.8) is 0 Å². The molecule has 1 aliphatic rings. The Kier molecular flexibility index (Phi) is 4.74. The van der Waals surface area contributed by atoms with Gasteiger partial charge >= 0.3 is 0 Å². The summed E-state index contributed by atoms with van der Waals surface area (Å²) in [6.07, 6.45) is 3.10. The molecule has 16 heavy (non-hydrogen) atoms. The highest BCUT2D eigenvalue weighted by Gasteiger charge is 2.26. The summed E-state index contributed by atoms with van der Waals surface area (Å²) in [4.78, 5) is 13.8. The lowest BCUT2D eigenvalue weighted by atomic mass is 10.00. The zero-order valence-corrected chi connectivity index (χ0v) is 10.4. The van der Waals surface area contributed by atoms with Gasteiger partial charge in [-0.3, -0.25) is 4.79 Å². The third-order valence-corrected chi connectivity index (χ3v) is 3.16. The molecule has 1 rings (SSSR count). The molecule has 1 amide bonds. The molecule has 1 aliphatic heterocycles. The van der Waals surface area contributed by atoms with Gasteiger partial charge in [0.15, 0.2) is 0 Å². The van der Waals surface area contributed by atoms with Crippen LogP contribution in [-0.4, -0.2) is 41.1 Å². The predicted octanol–water partition coefficient (Wildman–Crippen LogP) is 0.735. The molecule has 0 aromatic rings. The topological polar surface area (TPSA) is 66.6 Å². The molecule has 94 valence electrons. The molecule has 0 aromatic carbocycles. The van der Waals surface area contributed by atoms with Gasteiger partial charge < -0.3 is 15.7 Å². The van der Waals surface area contributed by atoms with Crippen molar-refractivity contribution in [3.8, 4) is 0 Å². The Morgan fingerprint density at radius 2 is 2.25 bits per heavy atom. The zero-order valence-electron chi connectivity index (χ0n) is 10.4. The van der Waals surface area contributed by atoms with Crippen molar-refractivity contribution in [2.75, 3.05) is 19.7 Å². The summed E-state index contributed by atoms with van der Waals surface area (Å²) in [6, 6.07) is 0. The average molecular weight is 228 g/mol. The molecule has 0 spiro atoms. The van der Waals surface area contributed by atoms with Crippen LogP contribution in [0.25, 0.3) is 0 Å². The zero-order chi connectivity index (χ0) is 12.2. The van der Waals surface area contributed by atoms with E-state index in [9.17, 15) is 4.79 Å². The van der Waals surface area contributed by atoms with Gasteiger partial charge in [-0.15, -0.1) is 0 Å². The molecular weight excluding hydrogens is 204 g/mol. The van der Waals surface area contributed by atoms with Crippen LogP contribution >= 0.6 is 0 Å². The number of carbonyl (C=O) groups excluding carboxylic acids is 1. The Morgan fingerprint density at radius 3 is 2.81 bits per heavy atom. The number of likely N-dealkylation sites (tertiary alicyclic amines) is 1. The van der Waals surface area contributed by atoms with E-state index in [4.69, 9.17) is 10.8 Å². The van der Waals surface area contributed by atoms with E-state index in [-0.39, 0.29) is 18.1 Å². The molecule has 4 heteroatoms. The van der Waals surface area contributed by atoms with Crippen LogP contribution in [0.1, 0.15) is 39.5 Å². The van der Waals surface area contributed by atoms with Gasteiger partial charge in [-0.25, -0.2) is 0 Å². The van der Waals surface area contributed by atoms with Crippen LogP contribution in [0.4, 0.5) is 0 Å². The highest BCUT2D eigenvalue weighted by molar-refractivity contribution is 5.76. The van der Waals surface area contributed by atoms with Crippen LogP contribution in [0.3, 0.4) is 0 Å². The highest BCUT2D eigenvalue weighted by Crippen LogP contribution is 2.20. The maximum atomic E-state index is 11.8. The Bertz CT molecular complexity index is 236. The molecule has 1 fully saturated rings. The normalized spacial score (nSPS) is 21.5. The van der Waals surface area contributed by atoms with E-state index in [0.29, 0.717) is 12.3 Å². The van der Waals surface area contributed by atoms with Crippen molar-refractivity contribution >= 4 is 5.91 Å². The summed E-state index contributed by atoms with van der Waals surface area (Å²) in [7, 11) is 0. The Balaban J connectivity index is 2.28. The molecule has 4 nitrogen and oxygen atoms in total. The fourth-order valence-electron chi connectivity index (χ4n) is 2.06. The van der Waals surface area contributed by atoms with E-state index in [1.54, 1.807) is 0 Å². The van der Waals surface area contributed by atoms with Crippen LogP contribution in [-0.2, 0) is 4.79 Å². The van der Waals surface area contributed by atoms with E-state index >= 15 is 0 Å². The minimum atomic E-state index is -0.264. The molecule has 1 atom stereocenters. The number of aliphatic hydroxyl groups excluding tert-OH is 1. The number of carbonyl (C=O) groups is 1. The molecule has 1 saturated heterocycles. The summed E-state index contributed by atoms with van der Waals surface area (Å²) in [6.45, 7) is 5.76. The van der Waals surface area contributed by atoms with Crippen LogP contribution in [0.2, 0.25) is 0 Å². The lowest BCUT2D eigenvalue weighted by Crippen LogP contribution is -2.35. The van der Waals surface area contributed by atoms with Gasteiger partial charge in [0.1, 0.15) is 0 Å². The average Bonchev–Trinajstić information content (AvgIpc) is 2.62. The standard InChI is InChI=1S/C12H24N2O2/c1-12(2,13)6-3-11(16)14-7-4-10(9-14)5-8-15/h10,15H,3-9,13H2,1-2H3. The number of rotatable bonds is 5. The van der Waals surface area contributed by atoms with Crippen molar-refractivity contribution in [2.45, 2.75) is 45.1 Å². The second kappa shape index (κ2) is 5.64. The first-order valence-corrected chi connectivity index (χ1v) is 6.10. The number of nitrogens with two attached hydrogens (primary N) is 1. The summed E-state index contributed by atoms with van der Waals surface area (Å²) in [5.41, 5.74) is 5.59. The second-order valence-corrected chi connectivity index (χ2v) is 5.50. The van der Waals surface area contributed by atoms with Crippen LogP contribution in [0.15, 0.2) is 0 Å². The van der Waals surface area contributed by atoms with Gasteiger partial charge in [0.25, 0.3) is 0 Å². The number of hydrogen-bond donors (Lipinski definition) is 2. The molecule has 3 N–H and O–H groups in total. The number of nitrogens with zero attached hydrogens (tertiary/aromatic N) is 1. The quantitative estimate of drug-likeness (QED) is 0.729. The minimum Gasteiger partial charge on any atom is -0.396 e. The maximum absolute atomic E-state index is 11.8. The van der Waals surface area contributed by atoms with Crippen molar-refractivity contribution in [1.29, 1.82) is 0 Å². The SMILES string of the molecule is CC(C)(N)CCC(=O)N1CCC(CCO)C1. The van der Waals surface area contributed by atoms with Crippen molar-refractivity contribution in [2.24, 2.45) is 11.7 Å². The summed E-state index contributed by atoms with van der Waals surface area (Å²) < 4.78 is 0. The number of aliphatic hydroxyl groups is 1. The first-order valence-electron chi connectivity index (χ1n) is 6.10. The van der Waals surface area contributed by atoms with E-state index in [2.05, 4.69) is 0 Å². The first kappa shape index (κ1) is 13.5. The Hall–Kier alpha value is -0.610. The summed E-state index contributed by atoms with van der Waals surface area (Å²) >= 11 is 0. The third-order valence-electron chi connectivity index (χ3n) is 3.16. The van der Waals surface area contributed by atoms with E-state index < -0.39 is 0 Å². The van der Waals surface area contributed by atoms with E-state index in [1.165, 1.54) is 0 Å². The lowest BCUT2D eigenvalue weighted by Gasteiger charge is -2.21. The van der Waals surface area contributed by atoms with Crippen LogP contribution in [0.5, 0.6) is 0 Å². The predicted molar refractivity (Wildman–Crippen MR) is 63.9 cm³/mol. The largest absolute Gasteiger partial charge is 0.396 e. The summed E-state index contributed by atoms with van der Waals surface area (Å²) in [5.74, 6) is 0.693. The van der Waals surface area contributed by atoms with Gasteiger partial charge in [0, 0.05) is 31.7 Å². The number of amides is 1. The molecule has 0 aliphatic carbocycles. The first-order chi connectivity index (χ1) is 7.42.